The molecule has 1 N–H and O–H groups in total. The minimum atomic E-state index is 0.564. The van der Waals surface area contributed by atoms with Crippen LogP contribution in [0.1, 0.15) is 44.2 Å². The van der Waals surface area contributed by atoms with E-state index in [1.54, 1.807) is 7.11 Å². The van der Waals surface area contributed by atoms with Crippen LogP contribution in [0.5, 0.6) is 0 Å². The Morgan fingerprint density at radius 3 is 2.40 bits per heavy atom. The number of rotatable bonds is 10. The second-order valence-electron chi connectivity index (χ2n) is 6.11. The number of nitrogens with one attached hydrogen (secondary N) is 1. The molecule has 1 unspecified atom stereocenters. The van der Waals surface area contributed by atoms with Gasteiger partial charge in [0, 0.05) is 19.8 Å². The van der Waals surface area contributed by atoms with Crippen LogP contribution in [0.15, 0.2) is 24.3 Å². The lowest BCUT2D eigenvalue weighted by molar-refractivity contribution is 0.190. The minimum Gasteiger partial charge on any atom is -0.385 e. The smallest absolute Gasteiger partial charge is 0.0462 e. The molecular weight excluding hydrogens is 246 g/mol. The Hall–Kier alpha value is -0.860. The summed E-state index contributed by atoms with van der Waals surface area (Å²) in [6.45, 7) is 8.57. The first kappa shape index (κ1) is 17.2. The van der Waals surface area contributed by atoms with Gasteiger partial charge in [0.15, 0.2) is 0 Å². The van der Waals surface area contributed by atoms with Gasteiger partial charge >= 0.3 is 0 Å². The third kappa shape index (κ3) is 7.66. The Bertz CT molecular complexity index is 345. The van der Waals surface area contributed by atoms with E-state index in [4.69, 9.17) is 4.74 Å². The highest BCUT2D eigenvalue weighted by Crippen LogP contribution is 2.16. The molecular formula is C18H31NO. The summed E-state index contributed by atoms with van der Waals surface area (Å²) in [6.07, 6.45) is 4.87. The normalized spacial score (nSPS) is 12.8. The quantitative estimate of drug-likeness (QED) is 0.653. The number of methoxy groups -OCH3 is 1. The Morgan fingerprint density at radius 1 is 1.10 bits per heavy atom. The molecule has 1 atom stereocenters. The fourth-order valence-corrected chi connectivity index (χ4v) is 2.42. The van der Waals surface area contributed by atoms with Crippen LogP contribution >= 0.6 is 0 Å². The maximum Gasteiger partial charge on any atom is 0.0462 e. The van der Waals surface area contributed by atoms with E-state index in [0.717, 1.165) is 19.1 Å². The molecule has 1 rings (SSSR count). The zero-order chi connectivity index (χ0) is 14.8. The molecule has 2 nitrogen and oxygen atoms in total. The number of unbranched alkanes of at least 4 members (excludes halogenated alkanes) is 1. The van der Waals surface area contributed by atoms with Crippen LogP contribution < -0.4 is 5.32 Å². The molecule has 0 fully saturated rings. The summed E-state index contributed by atoms with van der Waals surface area (Å²) in [6, 6.07) is 9.54. The van der Waals surface area contributed by atoms with E-state index in [0.29, 0.717) is 6.04 Å². The summed E-state index contributed by atoms with van der Waals surface area (Å²) >= 11 is 0. The van der Waals surface area contributed by atoms with E-state index in [1.807, 2.05) is 0 Å². The first-order valence-electron chi connectivity index (χ1n) is 7.89. The molecule has 0 radical (unpaired) electrons. The van der Waals surface area contributed by atoms with Gasteiger partial charge in [-0.2, -0.15) is 0 Å². The molecule has 0 saturated heterocycles. The monoisotopic (exact) mass is 277 g/mol. The third-order valence-corrected chi connectivity index (χ3v) is 3.67. The summed E-state index contributed by atoms with van der Waals surface area (Å²) in [4.78, 5) is 0. The van der Waals surface area contributed by atoms with Gasteiger partial charge in [0.2, 0.25) is 0 Å². The topological polar surface area (TPSA) is 21.3 Å². The molecule has 0 saturated carbocycles. The molecule has 1 aromatic rings. The van der Waals surface area contributed by atoms with Crippen molar-refractivity contribution < 1.29 is 4.74 Å². The lowest BCUT2D eigenvalue weighted by Crippen LogP contribution is -2.30. The Balaban J connectivity index is 2.45. The van der Waals surface area contributed by atoms with Crippen molar-refractivity contribution in [2.24, 2.45) is 5.92 Å². The molecule has 20 heavy (non-hydrogen) atoms. The van der Waals surface area contributed by atoms with Crippen molar-refractivity contribution in [3.63, 3.8) is 0 Å². The van der Waals surface area contributed by atoms with E-state index in [2.05, 4.69) is 50.4 Å². The second-order valence-corrected chi connectivity index (χ2v) is 6.11. The highest BCUT2D eigenvalue weighted by atomic mass is 16.5. The van der Waals surface area contributed by atoms with Crippen molar-refractivity contribution in [1.29, 1.82) is 0 Å². The molecule has 114 valence electrons. The highest BCUT2D eigenvalue weighted by Gasteiger charge is 2.10. The van der Waals surface area contributed by atoms with Crippen LogP contribution in [0.25, 0.3) is 0 Å². The number of ether oxygens (including phenoxy) is 1. The molecule has 0 heterocycles. The van der Waals surface area contributed by atoms with Crippen molar-refractivity contribution in [3.05, 3.63) is 35.4 Å². The van der Waals surface area contributed by atoms with Gasteiger partial charge in [0.05, 0.1) is 0 Å². The first-order chi connectivity index (χ1) is 9.61. The predicted molar refractivity (Wildman–Crippen MR) is 87.2 cm³/mol. The Morgan fingerprint density at radius 2 is 1.80 bits per heavy atom. The summed E-state index contributed by atoms with van der Waals surface area (Å²) in [5, 5.41) is 3.59. The average Bonchev–Trinajstić information content (AvgIpc) is 2.43. The van der Waals surface area contributed by atoms with Gasteiger partial charge in [0.1, 0.15) is 0 Å². The largest absolute Gasteiger partial charge is 0.385 e. The van der Waals surface area contributed by atoms with Crippen LogP contribution in [0.3, 0.4) is 0 Å². The fourth-order valence-electron chi connectivity index (χ4n) is 2.42. The van der Waals surface area contributed by atoms with Gasteiger partial charge < -0.3 is 10.1 Å². The third-order valence-electron chi connectivity index (χ3n) is 3.67. The lowest BCUT2D eigenvalue weighted by atomic mass is 9.93. The van der Waals surface area contributed by atoms with Crippen LogP contribution in [0.4, 0.5) is 0 Å². The van der Waals surface area contributed by atoms with E-state index in [-0.39, 0.29) is 0 Å². The molecule has 0 aliphatic rings. The summed E-state index contributed by atoms with van der Waals surface area (Å²) < 4.78 is 5.14. The van der Waals surface area contributed by atoms with E-state index < -0.39 is 0 Å². The average molecular weight is 277 g/mol. The van der Waals surface area contributed by atoms with Crippen molar-refractivity contribution in [1.82, 2.24) is 5.32 Å². The molecule has 0 aliphatic heterocycles. The van der Waals surface area contributed by atoms with Gasteiger partial charge in [-0.05, 0) is 44.2 Å². The SMILES string of the molecule is COCCCCC(CNC(C)C)Cc1ccc(C)cc1. The van der Waals surface area contributed by atoms with Crippen LogP contribution in [-0.4, -0.2) is 26.3 Å². The van der Waals surface area contributed by atoms with Crippen LogP contribution in [-0.2, 0) is 11.2 Å². The Kier molecular flexibility index (Phi) is 8.56. The number of benzene rings is 1. The predicted octanol–water partition coefficient (Wildman–Crippen LogP) is 3.97. The molecule has 0 spiro atoms. The summed E-state index contributed by atoms with van der Waals surface area (Å²) in [5.74, 6) is 0.719. The maximum absolute atomic E-state index is 5.14. The molecule has 0 aliphatic carbocycles. The van der Waals surface area contributed by atoms with Crippen molar-refractivity contribution in [2.45, 2.75) is 52.5 Å². The van der Waals surface area contributed by atoms with E-state index >= 15 is 0 Å². The zero-order valence-corrected chi connectivity index (χ0v) is 13.6. The van der Waals surface area contributed by atoms with Crippen LogP contribution in [0.2, 0.25) is 0 Å². The summed E-state index contributed by atoms with van der Waals surface area (Å²) in [5.41, 5.74) is 2.79. The van der Waals surface area contributed by atoms with Crippen molar-refractivity contribution in [2.75, 3.05) is 20.3 Å². The zero-order valence-electron chi connectivity index (χ0n) is 13.6. The van der Waals surface area contributed by atoms with Gasteiger partial charge in [-0.25, -0.2) is 0 Å². The van der Waals surface area contributed by atoms with E-state index in [9.17, 15) is 0 Å². The molecule has 0 bridgehead atoms. The molecule has 0 amide bonds. The van der Waals surface area contributed by atoms with Crippen molar-refractivity contribution >= 4 is 0 Å². The van der Waals surface area contributed by atoms with Crippen molar-refractivity contribution in [3.8, 4) is 0 Å². The van der Waals surface area contributed by atoms with Gasteiger partial charge in [-0.3, -0.25) is 0 Å². The van der Waals surface area contributed by atoms with E-state index in [1.165, 1.54) is 36.8 Å². The van der Waals surface area contributed by atoms with Gasteiger partial charge in [-0.15, -0.1) is 0 Å². The van der Waals surface area contributed by atoms with Gasteiger partial charge in [0.25, 0.3) is 0 Å². The maximum atomic E-state index is 5.14. The van der Waals surface area contributed by atoms with Gasteiger partial charge in [-0.1, -0.05) is 50.1 Å². The number of hydrogen-bond acceptors (Lipinski definition) is 2. The summed E-state index contributed by atoms with van der Waals surface area (Å²) in [7, 11) is 1.78. The lowest BCUT2D eigenvalue weighted by Gasteiger charge is -2.19. The highest BCUT2D eigenvalue weighted by molar-refractivity contribution is 5.21. The number of aryl methyl sites for hydroxylation is 1. The fraction of sp³-hybridized carbons (Fsp3) is 0.667. The molecule has 0 aromatic heterocycles. The standard InChI is InChI=1S/C18H31NO/c1-15(2)19-14-18(7-5-6-12-20-4)13-17-10-8-16(3)9-11-17/h8-11,15,18-19H,5-7,12-14H2,1-4H3. The number of hydrogen-bond donors (Lipinski definition) is 1. The molecule has 1 aromatic carbocycles. The minimum absolute atomic E-state index is 0.564. The molecule has 2 heteroatoms. The Labute approximate surface area is 124 Å². The first-order valence-corrected chi connectivity index (χ1v) is 7.89. The second kappa shape index (κ2) is 9.95. The van der Waals surface area contributed by atoms with Crippen LogP contribution in [0, 0.1) is 12.8 Å².